The van der Waals surface area contributed by atoms with Crippen LogP contribution in [-0.4, -0.2) is 53.2 Å². The van der Waals surface area contributed by atoms with E-state index in [9.17, 15) is 4.79 Å². The van der Waals surface area contributed by atoms with E-state index in [-0.39, 0.29) is 17.6 Å². The number of aromatic amines is 1. The van der Waals surface area contributed by atoms with Gasteiger partial charge in [-0.05, 0) is 37.8 Å². The van der Waals surface area contributed by atoms with Gasteiger partial charge in [0, 0.05) is 32.7 Å². The number of methoxy groups -OCH3 is 1. The number of fused-ring (bicyclic) bond motifs is 1. The number of benzene rings is 1. The van der Waals surface area contributed by atoms with Crippen molar-refractivity contribution in [1.29, 1.82) is 0 Å². The van der Waals surface area contributed by atoms with Crippen molar-refractivity contribution in [1.82, 2.24) is 20.2 Å². The lowest BCUT2D eigenvalue weighted by Gasteiger charge is -2.37. The van der Waals surface area contributed by atoms with Crippen molar-refractivity contribution in [3.63, 3.8) is 0 Å². The van der Waals surface area contributed by atoms with E-state index in [1.54, 1.807) is 7.11 Å². The van der Waals surface area contributed by atoms with E-state index in [4.69, 9.17) is 9.72 Å². The van der Waals surface area contributed by atoms with Crippen LogP contribution < -0.4 is 5.32 Å². The number of piperidine rings is 1. The molecule has 1 aromatic carbocycles. The Kier molecular flexibility index (Phi) is 5.34. The third kappa shape index (κ3) is 3.95. The lowest BCUT2D eigenvalue weighted by atomic mass is 9.84. The lowest BCUT2D eigenvalue weighted by molar-refractivity contribution is -0.0363. The zero-order chi connectivity index (χ0) is 18.7. The number of urea groups is 1. The smallest absolute Gasteiger partial charge is 0.317 e. The predicted molar refractivity (Wildman–Crippen MR) is 106 cm³/mol. The highest BCUT2D eigenvalue weighted by Crippen LogP contribution is 2.31. The first-order valence-corrected chi connectivity index (χ1v) is 10.2. The molecule has 1 saturated heterocycles. The SMILES string of the molecule is COC1(CNC(=O)N2CCCC(c3nc4ccccc4[nH]3)C2)CCCCC1. The Morgan fingerprint density at radius 2 is 2.11 bits per heavy atom. The Hall–Kier alpha value is -2.08. The second kappa shape index (κ2) is 7.89. The highest BCUT2D eigenvalue weighted by Gasteiger charge is 2.33. The van der Waals surface area contributed by atoms with Gasteiger partial charge in [-0.2, -0.15) is 0 Å². The topological polar surface area (TPSA) is 70.2 Å². The molecule has 2 aliphatic rings. The number of nitrogens with zero attached hydrogens (tertiary/aromatic N) is 2. The molecule has 1 aliphatic heterocycles. The van der Waals surface area contributed by atoms with Crippen LogP contribution in [0.5, 0.6) is 0 Å². The Morgan fingerprint density at radius 3 is 2.89 bits per heavy atom. The van der Waals surface area contributed by atoms with Gasteiger partial charge in [0.1, 0.15) is 5.82 Å². The van der Waals surface area contributed by atoms with Crippen molar-refractivity contribution in [3.05, 3.63) is 30.1 Å². The molecule has 2 N–H and O–H groups in total. The summed E-state index contributed by atoms with van der Waals surface area (Å²) in [6.45, 7) is 2.13. The van der Waals surface area contributed by atoms with Gasteiger partial charge in [0.2, 0.25) is 0 Å². The van der Waals surface area contributed by atoms with Gasteiger partial charge in [-0.15, -0.1) is 0 Å². The van der Waals surface area contributed by atoms with E-state index in [0.717, 1.165) is 49.1 Å². The monoisotopic (exact) mass is 370 g/mol. The van der Waals surface area contributed by atoms with Gasteiger partial charge in [-0.1, -0.05) is 31.4 Å². The fourth-order valence-corrected chi connectivity index (χ4v) is 4.55. The van der Waals surface area contributed by atoms with Crippen LogP contribution in [0.15, 0.2) is 24.3 Å². The number of amides is 2. The van der Waals surface area contributed by atoms with E-state index in [1.165, 1.54) is 19.3 Å². The molecular formula is C21H30N4O2. The molecule has 1 aliphatic carbocycles. The number of imidazole rings is 1. The van der Waals surface area contributed by atoms with Gasteiger partial charge in [0.05, 0.1) is 16.6 Å². The van der Waals surface area contributed by atoms with Crippen molar-refractivity contribution >= 4 is 17.1 Å². The molecule has 2 heterocycles. The molecule has 6 nitrogen and oxygen atoms in total. The fraction of sp³-hybridized carbons (Fsp3) is 0.619. The Bertz CT molecular complexity index is 748. The standard InChI is InChI=1S/C21H30N4O2/c1-27-21(11-5-2-6-12-21)15-22-20(26)25-13-7-8-16(14-25)19-23-17-9-3-4-10-18(17)24-19/h3-4,9-10,16H,2,5-8,11-15H2,1H3,(H,22,26)(H,23,24). The average molecular weight is 370 g/mol. The van der Waals surface area contributed by atoms with Crippen LogP contribution in [-0.2, 0) is 4.74 Å². The number of carbonyl (C=O) groups is 1. The number of rotatable bonds is 4. The summed E-state index contributed by atoms with van der Waals surface area (Å²) in [7, 11) is 1.77. The summed E-state index contributed by atoms with van der Waals surface area (Å²) in [6.07, 6.45) is 7.76. The summed E-state index contributed by atoms with van der Waals surface area (Å²) in [5.41, 5.74) is 1.88. The summed E-state index contributed by atoms with van der Waals surface area (Å²) in [5, 5.41) is 3.14. The van der Waals surface area contributed by atoms with Crippen molar-refractivity contribution in [2.24, 2.45) is 0 Å². The number of para-hydroxylation sites is 2. The van der Waals surface area contributed by atoms with Crippen LogP contribution in [0, 0.1) is 0 Å². The number of aromatic nitrogens is 2. The molecule has 4 rings (SSSR count). The first-order valence-electron chi connectivity index (χ1n) is 10.2. The van der Waals surface area contributed by atoms with Crippen molar-refractivity contribution in [2.75, 3.05) is 26.7 Å². The molecule has 27 heavy (non-hydrogen) atoms. The van der Waals surface area contributed by atoms with Gasteiger partial charge < -0.3 is 19.9 Å². The molecule has 2 fully saturated rings. The molecule has 2 aromatic rings. The van der Waals surface area contributed by atoms with E-state index < -0.39 is 0 Å². The Morgan fingerprint density at radius 1 is 1.30 bits per heavy atom. The minimum atomic E-state index is -0.179. The summed E-state index contributed by atoms with van der Waals surface area (Å²) < 4.78 is 5.79. The number of hydrogen-bond donors (Lipinski definition) is 2. The van der Waals surface area contributed by atoms with Gasteiger partial charge >= 0.3 is 6.03 Å². The Balaban J connectivity index is 1.38. The normalized spacial score (nSPS) is 22.7. The predicted octanol–water partition coefficient (Wildman–Crippen LogP) is 3.80. The van der Waals surface area contributed by atoms with Crippen LogP contribution in [0.2, 0.25) is 0 Å². The van der Waals surface area contributed by atoms with E-state index in [0.29, 0.717) is 13.1 Å². The maximum absolute atomic E-state index is 12.8. The van der Waals surface area contributed by atoms with Crippen LogP contribution in [0.4, 0.5) is 4.79 Å². The number of carbonyl (C=O) groups excluding carboxylic acids is 1. The average Bonchev–Trinajstić information content (AvgIpc) is 3.17. The van der Waals surface area contributed by atoms with Crippen LogP contribution in [0.25, 0.3) is 11.0 Å². The second-order valence-corrected chi connectivity index (χ2v) is 8.03. The quantitative estimate of drug-likeness (QED) is 0.860. The maximum atomic E-state index is 12.8. The lowest BCUT2D eigenvalue weighted by Crippen LogP contribution is -2.51. The minimum Gasteiger partial charge on any atom is -0.376 e. The molecule has 2 amide bonds. The third-order valence-electron chi connectivity index (χ3n) is 6.26. The van der Waals surface area contributed by atoms with E-state index in [2.05, 4.69) is 10.3 Å². The first-order chi connectivity index (χ1) is 13.2. The van der Waals surface area contributed by atoms with Crippen LogP contribution in [0.1, 0.15) is 56.7 Å². The maximum Gasteiger partial charge on any atom is 0.317 e. The molecular weight excluding hydrogens is 340 g/mol. The van der Waals surface area contributed by atoms with E-state index in [1.807, 2.05) is 29.2 Å². The summed E-state index contributed by atoms with van der Waals surface area (Å²) in [6, 6.07) is 8.12. The van der Waals surface area contributed by atoms with Crippen molar-refractivity contribution in [3.8, 4) is 0 Å². The molecule has 0 spiro atoms. The zero-order valence-electron chi connectivity index (χ0n) is 16.2. The fourth-order valence-electron chi connectivity index (χ4n) is 4.55. The summed E-state index contributed by atoms with van der Waals surface area (Å²) >= 11 is 0. The summed E-state index contributed by atoms with van der Waals surface area (Å²) in [4.78, 5) is 22.9. The van der Waals surface area contributed by atoms with Gasteiger partial charge in [0.25, 0.3) is 0 Å². The molecule has 0 bridgehead atoms. The van der Waals surface area contributed by atoms with Crippen LogP contribution in [0.3, 0.4) is 0 Å². The van der Waals surface area contributed by atoms with Gasteiger partial charge in [-0.25, -0.2) is 9.78 Å². The number of ether oxygens (including phenoxy) is 1. The number of likely N-dealkylation sites (tertiary alicyclic amines) is 1. The molecule has 1 atom stereocenters. The highest BCUT2D eigenvalue weighted by molar-refractivity contribution is 5.75. The molecule has 1 unspecified atom stereocenters. The molecule has 1 aromatic heterocycles. The largest absolute Gasteiger partial charge is 0.376 e. The van der Waals surface area contributed by atoms with Crippen LogP contribution >= 0.6 is 0 Å². The van der Waals surface area contributed by atoms with Gasteiger partial charge in [-0.3, -0.25) is 0 Å². The minimum absolute atomic E-state index is 0.0257. The van der Waals surface area contributed by atoms with Crippen molar-refractivity contribution in [2.45, 2.75) is 56.5 Å². The zero-order valence-corrected chi connectivity index (χ0v) is 16.2. The first kappa shape index (κ1) is 18.3. The highest BCUT2D eigenvalue weighted by atomic mass is 16.5. The second-order valence-electron chi connectivity index (χ2n) is 8.03. The van der Waals surface area contributed by atoms with E-state index >= 15 is 0 Å². The molecule has 6 heteroatoms. The summed E-state index contributed by atoms with van der Waals surface area (Å²) in [5.74, 6) is 1.26. The molecule has 146 valence electrons. The van der Waals surface area contributed by atoms with Gasteiger partial charge in [0.15, 0.2) is 0 Å². The molecule has 1 saturated carbocycles. The number of nitrogens with one attached hydrogen (secondary N) is 2. The van der Waals surface area contributed by atoms with Crippen molar-refractivity contribution < 1.29 is 9.53 Å². The third-order valence-corrected chi connectivity index (χ3v) is 6.26. The Labute approximate surface area is 160 Å². The molecule has 0 radical (unpaired) electrons. The number of hydrogen-bond acceptors (Lipinski definition) is 3. The number of H-pyrrole nitrogens is 1.